The van der Waals surface area contributed by atoms with Crippen molar-refractivity contribution in [1.29, 1.82) is 0 Å². The molecule has 1 aromatic heterocycles. The zero-order valence-corrected chi connectivity index (χ0v) is 16.8. The molecular formula is C20H22FNO5S. The maximum Gasteiger partial charge on any atom is 0.340 e. The standard InChI is InChI=1S/C20H22FNO5S/c1-4-26-20(25)18-12(2)19(22-13(18)3)16(23)11-27-17(24)9-10-28-15-7-5-14(21)6-8-15/h5-8,22H,4,9-11H2,1-3H3. The highest BCUT2D eigenvalue weighted by molar-refractivity contribution is 7.99. The number of H-pyrrole nitrogens is 1. The molecule has 6 nitrogen and oxygen atoms in total. The number of thioether (sulfide) groups is 1. The van der Waals surface area contributed by atoms with E-state index >= 15 is 0 Å². The Morgan fingerprint density at radius 2 is 1.79 bits per heavy atom. The number of aryl methyl sites for hydroxylation is 1. The Kier molecular flexibility index (Phi) is 7.80. The van der Waals surface area contributed by atoms with Crippen molar-refractivity contribution >= 4 is 29.5 Å². The van der Waals surface area contributed by atoms with E-state index in [1.54, 1.807) is 32.9 Å². The summed E-state index contributed by atoms with van der Waals surface area (Å²) in [5.41, 5.74) is 1.56. The van der Waals surface area contributed by atoms with Crippen molar-refractivity contribution in [2.45, 2.75) is 32.1 Å². The molecule has 0 radical (unpaired) electrons. The number of aromatic amines is 1. The molecule has 0 atom stereocenters. The van der Waals surface area contributed by atoms with Crippen LogP contribution in [0.3, 0.4) is 0 Å². The lowest BCUT2D eigenvalue weighted by molar-refractivity contribution is -0.141. The fourth-order valence-electron chi connectivity index (χ4n) is 2.61. The molecule has 0 saturated carbocycles. The van der Waals surface area contributed by atoms with Gasteiger partial charge < -0.3 is 14.5 Å². The summed E-state index contributed by atoms with van der Waals surface area (Å²) in [4.78, 5) is 39.9. The van der Waals surface area contributed by atoms with E-state index in [9.17, 15) is 18.8 Å². The number of carbonyl (C=O) groups excluding carboxylic acids is 3. The molecule has 28 heavy (non-hydrogen) atoms. The number of hydrogen-bond acceptors (Lipinski definition) is 6. The molecule has 0 aliphatic heterocycles. The molecule has 0 aliphatic rings. The van der Waals surface area contributed by atoms with Gasteiger partial charge in [0.1, 0.15) is 5.82 Å². The first-order valence-electron chi connectivity index (χ1n) is 8.77. The molecule has 0 amide bonds. The number of carbonyl (C=O) groups is 3. The molecule has 2 rings (SSSR count). The van der Waals surface area contributed by atoms with Crippen LogP contribution in [0.5, 0.6) is 0 Å². The van der Waals surface area contributed by atoms with Crippen molar-refractivity contribution in [1.82, 2.24) is 4.98 Å². The zero-order chi connectivity index (χ0) is 20.7. The number of rotatable bonds is 9. The molecule has 0 fully saturated rings. The molecule has 8 heteroatoms. The van der Waals surface area contributed by atoms with Crippen molar-refractivity contribution in [2.24, 2.45) is 0 Å². The van der Waals surface area contributed by atoms with E-state index in [4.69, 9.17) is 9.47 Å². The van der Waals surface area contributed by atoms with Crippen molar-refractivity contribution < 1.29 is 28.2 Å². The molecule has 1 N–H and O–H groups in total. The Bertz CT molecular complexity index is 860. The minimum absolute atomic E-state index is 0.117. The number of halogens is 1. The number of esters is 2. The van der Waals surface area contributed by atoms with E-state index in [1.165, 1.54) is 23.9 Å². The van der Waals surface area contributed by atoms with E-state index in [0.717, 1.165) is 4.90 Å². The van der Waals surface area contributed by atoms with Gasteiger partial charge >= 0.3 is 11.9 Å². The van der Waals surface area contributed by atoms with Gasteiger partial charge in [0, 0.05) is 16.3 Å². The zero-order valence-electron chi connectivity index (χ0n) is 16.0. The number of aromatic nitrogens is 1. The molecule has 1 heterocycles. The summed E-state index contributed by atoms with van der Waals surface area (Å²) in [5.74, 6) is -1.29. The first-order valence-corrected chi connectivity index (χ1v) is 9.75. The van der Waals surface area contributed by atoms with Crippen LogP contribution in [-0.4, -0.2) is 41.7 Å². The SMILES string of the molecule is CCOC(=O)c1c(C)[nH]c(C(=O)COC(=O)CCSc2ccc(F)cc2)c1C. The third kappa shape index (κ3) is 5.69. The second-order valence-electron chi connectivity index (χ2n) is 5.98. The molecule has 1 aromatic carbocycles. The fourth-order valence-corrected chi connectivity index (χ4v) is 3.44. The lowest BCUT2D eigenvalue weighted by Gasteiger charge is -2.05. The second-order valence-corrected chi connectivity index (χ2v) is 7.15. The third-order valence-corrected chi connectivity index (χ3v) is 4.96. The predicted octanol–water partition coefficient (Wildman–Crippen LogP) is 3.86. The van der Waals surface area contributed by atoms with Gasteiger partial charge in [0.15, 0.2) is 6.61 Å². The van der Waals surface area contributed by atoms with Gasteiger partial charge in [0.25, 0.3) is 0 Å². The average Bonchev–Trinajstić information content (AvgIpc) is 2.96. The Balaban J connectivity index is 1.84. The van der Waals surface area contributed by atoms with E-state index in [-0.39, 0.29) is 24.5 Å². The Labute approximate surface area is 166 Å². The average molecular weight is 407 g/mol. The number of ether oxygens (including phenoxy) is 2. The molecule has 150 valence electrons. The lowest BCUT2D eigenvalue weighted by Crippen LogP contribution is -2.16. The highest BCUT2D eigenvalue weighted by Crippen LogP contribution is 2.21. The highest BCUT2D eigenvalue weighted by atomic mass is 32.2. The van der Waals surface area contributed by atoms with Crippen LogP contribution >= 0.6 is 11.8 Å². The number of benzene rings is 1. The summed E-state index contributed by atoms with van der Waals surface area (Å²) in [7, 11) is 0. The Hall–Kier alpha value is -2.61. The summed E-state index contributed by atoms with van der Waals surface area (Å²) < 4.78 is 22.9. The van der Waals surface area contributed by atoms with Crippen molar-refractivity contribution in [3.63, 3.8) is 0 Å². The molecule has 0 aliphatic carbocycles. The van der Waals surface area contributed by atoms with Crippen LogP contribution in [0.2, 0.25) is 0 Å². The predicted molar refractivity (Wildman–Crippen MR) is 103 cm³/mol. The van der Waals surface area contributed by atoms with E-state index < -0.39 is 24.3 Å². The highest BCUT2D eigenvalue weighted by Gasteiger charge is 2.23. The van der Waals surface area contributed by atoms with Gasteiger partial charge in [-0.2, -0.15) is 0 Å². The summed E-state index contributed by atoms with van der Waals surface area (Å²) in [6.07, 6.45) is 0.117. The Morgan fingerprint density at radius 1 is 1.11 bits per heavy atom. The first-order chi connectivity index (χ1) is 13.3. The maximum absolute atomic E-state index is 12.8. The largest absolute Gasteiger partial charge is 0.462 e. The summed E-state index contributed by atoms with van der Waals surface area (Å²) >= 11 is 1.39. The maximum atomic E-state index is 12.8. The van der Waals surface area contributed by atoms with Gasteiger partial charge in [0.2, 0.25) is 5.78 Å². The number of nitrogens with one attached hydrogen (secondary N) is 1. The van der Waals surface area contributed by atoms with E-state index in [0.29, 0.717) is 22.6 Å². The lowest BCUT2D eigenvalue weighted by atomic mass is 10.1. The normalized spacial score (nSPS) is 10.6. The monoisotopic (exact) mass is 407 g/mol. The van der Waals surface area contributed by atoms with Crippen LogP contribution in [0.15, 0.2) is 29.2 Å². The number of ketones is 1. The minimum Gasteiger partial charge on any atom is -0.462 e. The van der Waals surface area contributed by atoms with Gasteiger partial charge in [-0.15, -0.1) is 11.8 Å². The second kappa shape index (κ2) is 10.1. The number of hydrogen-bond donors (Lipinski definition) is 1. The topological polar surface area (TPSA) is 85.5 Å². The smallest absolute Gasteiger partial charge is 0.340 e. The molecule has 0 unspecified atom stereocenters. The Morgan fingerprint density at radius 3 is 2.43 bits per heavy atom. The van der Waals surface area contributed by atoms with Crippen molar-refractivity contribution in [3.05, 3.63) is 52.6 Å². The first kappa shape index (κ1) is 21.7. The van der Waals surface area contributed by atoms with Gasteiger partial charge in [-0.1, -0.05) is 0 Å². The van der Waals surface area contributed by atoms with Crippen LogP contribution in [0, 0.1) is 19.7 Å². The summed E-state index contributed by atoms with van der Waals surface area (Å²) in [6.45, 7) is 4.84. The van der Waals surface area contributed by atoms with Gasteiger partial charge in [-0.25, -0.2) is 9.18 Å². The van der Waals surface area contributed by atoms with Crippen LogP contribution in [-0.2, 0) is 14.3 Å². The number of Topliss-reactive ketones (excluding diaryl/α,β-unsaturated/α-hetero) is 1. The fraction of sp³-hybridized carbons (Fsp3) is 0.350. The minimum atomic E-state index is -0.505. The molecule has 2 aromatic rings. The summed E-state index contributed by atoms with van der Waals surface area (Å²) in [5, 5.41) is 0. The van der Waals surface area contributed by atoms with Crippen molar-refractivity contribution in [2.75, 3.05) is 19.0 Å². The van der Waals surface area contributed by atoms with Crippen LogP contribution in [0.25, 0.3) is 0 Å². The van der Waals surface area contributed by atoms with Gasteiger partial charge in [-0.05, 0) is 50.6 Å². The molecule has 0 spiro atoms. The third-order valence-electron chi connectivity index (χ3n) is 3.95. The molecule has 0 saturated heterocycles. The van der Waals surface area contributed by atoms with E-state index in [2.05, 4.69) is 4.98 Å². The van der Waals surface area contributed by atoms with Gasteiger partial charge in [0.05, 0.1) is 24.3 Å². The molecule has 0 bridgehead atoms. The van der Waals surface area contributed by atoms with Crippen LogP contribution in [0.4, 0.5) is 4.39 Å². The quantitative estimate of drug-likeness (QED) is 0.386. The van der Waals surface area contributed by atoms with Gasteiger partial charge in [-0.3, -0.25) is 9.59 Å². The van der Waals surface area contributed by atoms with E-state index in [1.807, 2.05) is 0 Å². The molecular weight excluding hydrogens is 385 g/mol. The van der Waals surface area contributed by atoms with Crippen LogP contribution in [0.1, 0.15) is 45.4 Å². The van der Waals surface area contributed by atoms with Crippen LogP contribution < -0.4 is 0 Å². The van der Waals surface area contributed by atoms with Crippen molar-refractivity contribution in [3.8, 4) is 0 Å². The summed E-state index contributed by atoms with van der Waals surface area (Å²) in [6, 6.07) is 5.97.